The van der Waals surface area contributed by atoms with Gasteiger partial charge in [0, 0.05) is 18.2 Å². The first-order chi connectivity index (χ1) is 11.2. The van der Waals surface area contributed by atoms with Crippen molar-refractivity contribution in [2.75, 3.05) is 5.32 Å². The summed E-state index contributed by atoms with van der Waals surface area (Å²) in [6, 6.07) is 6.91. The predicted octanol–water partition coefficient (Wildman–Crippen LogP) is 3.36. The number of unbranched alkanes of at least 4 members (excludes halogenated alkanes) is 1. The van der Waals surface area contributed by atoms with Gasteiger partial charge in [-0.15, -0.1) is 0 Å². The highest BCUT2D eigenvalue weighted by atomic mass is 16.4. The van der Waals surface area contributed by atoms with Gasteiger partial charge in [-0.25, -0.2) is 4.79 Å². The number of anilines is 1. The summed E-state index contributed by atoms with van der Waals surface area (Å²) in [5, 5.41) is 23.3. The van der Waals surface area contributed by atoms with E-state index in [9.17, 15) is 9.59 Å². The minimum absolute atomic E-state index is 0.0203. The molecule has 0 aliphatic carbocycles. The Kier molecular flexibility index (Phi) is 7.71. The lowest BCUT2D eigenvalue weighted by Gasteiger charge is -2.30. The van der Waals surface area contributed by atoms with Crippen molar-refractivity contribution in [3.05, 3.63) is 29.8 Å². The molecule has 0 saturated carbocycles. The maximum absolute atomic E-state index is 11.9. The lowest BCUT2D eigenvalue weighted by atomic mass is 9.83. The van der Waals surface area contributed by atoms with Gasteiger partial charge in [-0.2, -0.15) is 0 Å². The number of hydrogen-bond donors (Lipinski definition) is 4. The molecular weight excluding hydrogens is 308 g/mol. The third kappa shape index (κ3) is 7.46. The van der Waals surface area contributed by atoms with Gasteiger partial charge in [0.25, 0.3) is 0 Å². The van der Waals surface area contributed by atoms with Gasteiger partial charge in [-0.1, -0.05) is 39.3 Å². The van der Waals surface area contributed by atoms with Crippen molar-refractivity contribution in [1.29, 1.82) is 0 Å². The zero-order valence-electron chi connectivity index (χ0n) is 14.6. The van der Waals surface area contributed by atoms with E-state index in [-0.39, 0.29) is 24.0 Å². The van der Waals surface area contributed by atoms with Crippen LogP contribution in [-0.2, 0) is 11.4 Å². The first kappa shape index (κ1) is 20.0. The van der Waals surface area contributed by atoms with E-state index in [0.29, 0.717) is 24.9 Å². The minimum atomic E-state index is -1.01. The third-order valence-corrected chi connectivity index (χ3v) is 3.91. The topological polar surface area (TPSA) is 98.7 Å². The first-order valence-electron chi connectivity index (χ1n) is 8.21. The Morgan fingerprint density at radius 2 is 1.75 bits per heavy atom. The number of amides is 2. The number of carbonyl (C=O) groups excluding carboxylic acids is 1. The molecule has 0 bridgehead atoms. The van der Waals surface area contributed by atoms with Crippen LogP contribution in [0.4, 0.5) is 10.5 Å². The van der Waals surface area contributed by atoms with Crippen molar-refractivity contribution in [3.63, 3.8) is 0 Å². The van der Waals surface area contributed by atoms with E-state index < -0.39 is 6.09 Å². The molecule has 0 heterocycles. The van der Waals surface area contributed by atoms with E-state index >= 15 is 0 Å². The molecule has 0 saturated heterocycles. The SMILES string of the molecule is CC(C)(C)C(CCCCC(=O)Nc1ccc(CO)cc1)NC(=O)O. The average Bonchev–Trinajstić information content (AvgIpc) is 2.49. The molecular formula is C18H28N2O4. The minimum Gasteiger partial charge on any atom is -0.465 e. The van der Waals surface area contributed by atoms with Crippen molar-refractivity contribution < 1.29 is 19.8 Å². The van der Waals surface area contributed by atoms with E-state index in [1.807, 2.05) is 20.8 Å². The fraction of sp³-hybridized carbons (Fsp3) is 0.556. The second kappa shape index (κ2) is 9.27. The van der Waals surface area contributed by atoms with Crippen LogP contribution in [-0.4, -0.2) is 28.3 Å². The zero-order chi connectivity index (χ0) is 18.2. The highest BCUT2D eigenvalue weighted by molar-refractivity contribution is 5.90. The quantitative estimate of drug-likeness (QED) is 0.547. The fourth-order valence-electron chi connectivity index (χ4n) is 2.42. The van der Waals surface area contributed by atoms with Crippen LogP contribution in [0, 0.1) is 5.41 Å². The maximum atomic E-state index is 11.9. The highest BCUT2D eigenvalue weighted by Gasteiger charge is 2.25. The van der Waals surface area contributed by atoms with Crippen LogP contribution >= 0.6 is 0 Å². The van der Waals surface area contributed by atoms with Crippen LogP contribution in [0.5, 0.6) is 0 Å². The molecule has 0 aliphatic heterocycles. The smallest absolute Gasteiger partial charge is 0.404 e. The lowest BCUT2D eigenvalue weighted by Crippen LogP contribution is -2.43. The van der Waals surface area contributed by atoms with E-state index in [1.54, 1.807) is 24.3 Å². The van der Waals surface area contributed by atoms with E-state index in [2.05, 4.69) is 10.6 Å². The number of nitrogens with one attached hydrogen (secondary N) is 2. The van der Waals surface area contributed by atoms with Gasteiger partial charge in [-0.05, 0) is 36.0 Å². The summed E-state index contributed by atoms with van der Waals surface area (Å²) in [4.78, 5) is 22.8. The maximum Gasteiger partial charge on any atom is 0.404 e. The largest absolute Gasteiger partial charge is 0.465 e. The molecule has 0 aliphatic rings. The van der Waals surface area contributed by atoms with Crippen molar-refractivity contribution in [2.45, 2.75) is 59.1 Å². The van der Waals surface area contributed by atoms with E-state index in [1.165, 1.54) is 0 Å². The summed E-state index contributed by atoms with van der Waals surface area (Å²) in [6.45, 7) is 5.97. The molecule has 6 heteroatoms. The standard InChI is InChI=1S/C18H28N2O4/c1-18(2,3)15(20-17(23)24)6-4-5-7-16(22)19-14-10-8-13(12-21)9-11-14/h8-11,15,20-21H,4-7,12H2,1-3H3,(H,19,22)(H,23,24). The number of aliphatic hydroxyl groups is 1. The molecule has 24 heavy (non-hydrogen) atoms. The molecule has 134 valence electrons. The van der Waals surface area contributed by atoms with Gasteiger partial charge in [0.2, 0.25) is 5.91 Å². The van der Waals surface area contributed by atoms with Crippen LogP contribution in [0.3, 0.4) is 0 Å². The molecule has 1 aromatic rings. The Morgan fingerprint density at radius 1 is 1.12 bits per heavy atom. The molecule has 1 aromatic carbocycles. The molecule has 6 nitrogen and oxygen atoms in total. The number of aliphatic hydroxyl groups excluding tert-OH is 1. The van der Waals surface area contributed by atoms with E-state index in [4.69, 9.17) is 10.2 Å². The summed E-state index contributed by atoms with van der Waals surface area (Å²) in [5.41, 5.74) is 1.35. The summed E-state index contributed by atoms with van der Waals surface area (Å²) in [6.07, 6.45) is 1.56. The van der Waals surface area contributed by atoms with Crippen molar-refractivity contribution >= 4 is 17.7 Å². The Hall–Kier alpha value is -2.08. The number of hydrogen-bond acceptors (Lipinski definition) is 3. The Labute approximate surface area is 143 Å². The molecule has 4 N–H and O–H groups in total. The summed E-state index contributed by atoms with van der Waals surface area (Å²) in [7, 11) is 0. The highest BCUT2D eigenvalue weighted by Crippen LogP contribution is 2.23. The summed E-state index contributed by atoms with van der Waals surface area (Å²) >= 11 is 0. The van der Waals surface area contributed by atoms with Gasteiger partial charge in [0.05, 0.1) is 6.61 Å². The second-order valence-corrected chi connectivity index (χ2v) is 7.02. The van der Waals surface area contributed by atoms with Crippen LogP contribution in [0.1, 0.15) is 52.0 Å². The van der Waals surface area contributed by atoms with Gasteiger partial charge < -0.3 is 20.8 Å². The average molecular weight is 336 g/mol. The first-order valence-corrected chi connectivity index (χ1v) is 8.21. The lowest BCUT2D eigenvalue weighted by molar-refractivity contribution is -0.116. The van der Waals surface area contributed by atoms with Crippen LogP contribution in [0.2, 0.25) is 0 Å². The van der Waals surface area contributed by atoms with Gasteiger partial charge in [-0.3, -0.25) is 4.79 Å². The van der Waals surface area contributed by atoms with Gasteiger partial charge in [0.1, 0.15) is 0 Å². The number of carbonyl (C=O) groups is 2. The number of carboxylic acid groups (broad SMARTS) is 1. The van der Waals surface area contributed by atoms with Crippen molar-refractivity contribution in [2.24, 2.45) is 5.41 Å². The molecule has 0 aromatic heterocycles. The summed E-state index contributed by atoms with van der Waals surface area (Å²) in [5.74, 6) is -0.0646. The Bertz CT molecular complexity index is 535. The third-order valence-electron chi connectivity index (χ3n) is 3.91. The predicted molar refractivity (Wildman–Crippen MR) is 93.9 cm³/mol. The summed E-state index contributed by atoms with van der Waals surface area (Å²) < 4.78 is 0. The van der Waals surface area contributed by atoms with Crippen molar-refractivity contribution in [3.8, 4) is 0 Å². The Morgan fingerprint density at radius 3 is 2.25 bits per heavy atom. The molecule has 0 spiro atoms. The molecule has 1 unspecified atom stereocenters. The monoisotopic (exact) mass is 336 g/mol. The number of benzene rings is 1. The second-order valence-electron chi connectivity index (χ2n) is 7.02. The van der Waals surface area contributed by atoms with Gasteiger partial charge in [0.15, 0.2) is 0 Å². The fourth-order valence-corrected chi connectivity index (χ4v) is 2.42. The Balaban J connectivity index is 2.34. The molecule has 2 amide bonds. The molecule has 0 fully saturated rings. The zero-order valence-corrected chi connectivity index (χ0v) is 14.6. The number of rotatable bonds is 8. The van der Waals surface area contributed by atoms with Crippen LogP contribution in [0.15, 0.2) is 24.3 Å². The molecule has 0 radical (unpaired) electrons. The molecule has 1 atom stereocenters. The molecule has 1 rings (SSSR count). The normalized spacial score (nSPS) is 12.5. The van der Waals surface area contributed by atoms with Crippen LogP contribution < -0.4 is 10.6 Å². The van der Waals surface area contributed by atoms with Crippen molar-refractivity contribution in [1.82, 2.24) is 5.32 Å². The van der Waals surface area contributed by atoms with E-state index in [0.717, 1.165) is 12.0 Å². The van der Waals surface area contributed by atoms with Crippen LogP contribution in [0.25, 0.3) is 0 Å². The van der Waals surface area contributed by atoms with Gasteiger partial charge >= 0.3 is 6.09 Å².